The summed E-state index contributed by atoms with van der Waals surface area (Å²) in [5.74, 6) is 0.711. The Kier molecular flexibility index (Phi) is 6.13. The van der Waals surface area contributed by atoms with Gasteiger partial charge in [0.2, 0.25) is 5.91 Å². The molecule has 0 atom stereocenters. The Morgan fingerprint density at radius 1 is 1.26 bits per heavy atom. The van der Waals surface area contributed by atoms with E-state index in [2.05, 4.69) is 4.98 Å². The van der Waals surface area contributed by atoms with Crippen LogP contribution in [0.25, 0.3) is 5.69 Å². The summed E-state index contributed by atoms with van der Waals surface area (Å²) in [7, 11) is 3.36. The van der Waals surface area contributed by atoms with Crippen molar-refractivity contribution < 1.29 is 13.9 Å². The summed E-state index contributed by atoms with van der Waals surface area (Å²) in [4.78, 5) is 18.4. The molecule has 0 fully saturated rings. The van der Waals surface area contributed by atoms with E-state index in [0.29, 0.717) is 6.54 Å². The van der Waals surface area contributed by atoms with Crippen LogP contribution in [-0.4, -0.2) is 40.3 Å². The van der Waals surface area contributed by atoms with Crippen molar-refractivity contribution in [2.24, 2.45) is 0 Å². The van der Waals surface area contributed by atoms with Gasteiger partial charge in [-0.15, -0.1) is 0 Å². The molecule has 0 bridgehead atoms. The van der Waals surface area contributed by atoms with Gasteiger partial charge in [0.15, 0.2) is 5.16 Å². The quantitative estimate of drug-likeness (QED) is 0.581. The van der Waals surface area contributed by atoms with E-state index in [1.54, 1.807) is 37.4 Å². The summed E-state index contributed by atoms with van der Waals surface area (Å²) in [5, 5.41) is 0.729. The number of nitrogens with zero attached hydrogens (tertiary/aromatic N) is 3. The Hall–Kier alpha value is -2.80. The van der Waals surface area contributed by atoms with Crippen molar-refractivity contribution in [3.63, 3.8) is 0 Å². The SMILES string of the molecule is COc1cccc(-n2ccnc2SCC(=O)N(C)Cc2ccc(F)cc2)c1. The molecule has 0 N–H and O–H groups in total. The van der Waals surface area contributed by atoms with Crippen molar-refractivity contribution in [1.29, 1.82) is 0 Å². The lowest BCUT2D eigenvalue weighted by molar-refractivity contribution is -0.127. The maximum atomic E-state index is 13.0. The van der Waals surface area contributed by atoms with Crippen LogP contribution in [0.4, 0.5) is 4.39 Å². The lowest BCUT2D eigenvalue weighted by Gasteiger charge is -2.17. The van der Waals surface area contributed by atoms with Crippen LogP contribution in [0.5, 0.6) is 5.75 Å². The maximum absolute atomic E-state index is 13.0. The van der Waals surface area contributed by atoms with Crippen molar-refractivity contribution in [2.45, 2.75) is 11.7 Å². The number of carbonyl (C=O) groups is 1. The second-order valence-electron chi connectivity index (χ2n) is 5.95. The Bertz CT molecular complexity index is 912. The van der Waals surface area contributed by atoms with Gasteiger partial charge in [0.1, 0.15) is 11.6 Å². The number of hydrogen-bond acceptors (Lipinski definition) is 4. The second-order valence-corrected chi connectivity index (χ2v) is 6.89. The summed E-state index contributed by atoms with van der Waals surface area (Å²) < 4.78 is 20.2. The number of carbonyl (C=O) groups excluding carboxylic acids is 1. The van der Waals surface area contributed by atoms with Crippen molar-refractivity contribution in [2.75, 3.05) is 19.9 Å². The smallest absolute Gasteiger partial charge is 0.233 e. The molecule has 0 unspecified atom stereocenters. The molecule has 0 saturated carbocycles. The third-order valence-corrected chi connectivity index (χ3v) is 4.97. The molecule has 0 spiro atoms. The average Bonchev–Trinajstić information content (AvgIpc) is 3.16. The molecule has 1 aromatic heterocycles. The van der Waals surface area contributed by atoms with Crippen LogP contribution in [-0.2, 0) is 11.3 Å². The summed E-state index contributed by atoms with van der Waals surface area (Å²) in [6, 6.07) is 13.8. The predicted molar refractivity (Wildman–Crippen MR) is 104 cm³/mol. The number of imidazole rings is 1. The summed E-state index contributed by atoms with van der Waals surface area (Å²) in [6.45, 7) is 0.435. The molecule has 0 aliphatic carbocycles. The van der Waals surface area contributed by atoms with Crippen LogP contribution < -0.4 is 4.74 Å². The topological polar surface area (TPSA) is 47.4 Å². The molecular formula is C20H20FN3O2S. The maximum Gasteiger partial charge on any atom is 0.233 e. The van der Waals surface area contributed by atoms with Crippen LogP contribution in [0.1, 0.15) is 5.56 Å². The normalized spacial score (nSPS) is 10.6. The van der Waals surface area contributed by atoms with Crippen LogP contribution in [0.2, 0.25) is 0 Å². The molecule has 3 rings (SSSR count). The Morgan fingerprint density at radius 3 is 2.78 bits per heavy atom. The fraction of sp³-hybridized carbons (Fsp3) is 0.200. The van der Waals surface area contributed by atoms with E-state index < -0.39 is 0 Å². The van der Waals surface area contributed by atoms with Gasteiger partial charge in [-0.05, 0) is 29.8 Å². The molecule has 1 heterocycles. The lowest BCUT2D eigenvalue weighted by atomic mass is 10.2. The molecule has 0 saturated heterocycles. The zero-order chi connectivity index (χ0) is 19.2. The molecule has 2 aromatic carbocycles. The Balaban J connectivity index is 1.62. The van der Waals surface area contributed by atoms with Crippen LogP contribution >= 0.6 is 11.8 Å². The molecule has 7 heteroatoms. The number of aromatic nitrogens is 2. The monoisotopic (exact) mass is 385 g/mol. The molecule has 0 aliphatic rings. The summed E-state index contributed by atoms with van der Waals surface area (Å²) in [6.07, 6.45) is 3.55. The number of amides is 1. The third-order valence-electron chi connectivity index (χ3n) is 4.02. The first-order valence-electron chi connectivity index (χ1n) is 8.36. The standard InChI is InChI=1S/C20H20FN3O2S/c1-23(13-15-6-8-16(21)9-7-15)19(25)14-27-20-22-10-11-24(20)17-4-3-5-18(12-17)26-2/h3-12H,13-14H2,1-2H3. The molecular weight excluding hydrogens is 365 g/mol. The first-order chi connectivity index (χ1) is 13.1. The lowest BCUT2D eigenvalue weighted by Crippen LogP contribution is -2.27. The van der Waals surface area contributed by atoms with E-state index >= 15 is 0 Å². The van der Waals surface area contributed by atoms with E-state index in [9.17, 15) is 9.18 Å². The highest BCUT2D eigenvalue weighted by Crippen LogP contribution is 2.23. The zero-order valence-electron chi connectivity index (χ0n) is 15.1. The fourth-order valence-corrected chi connectivity index (χ4v) is 3.46. The van der Waals surface area contributed by atoms with E-state index in [1.165, 1.54) is 23.9 Å². The molecule has 27 heavy (non-hydrogen) atoms. The van der Waals surface area contributed by atoms with Gasteiger partial charge in [0.25, 0.3) is 0 Å². The second kappa shape index (κ2) is 8.73. The predicted octanol–water partition coefficient (Wildman–Crippen LogP) is 3.77. The first kappa shape index (κ1) is 19.0. The van der Waals surface area contributed by atoms with Crippen LogP contribution in [0.3, 0.4) is 0 Å². The van der Waals surface area contributed by atoms with Gasteiger partial charge in [-0.2, -0.15) is 0 Å². The number of halogens is 1. The third kappa shape index (κ3) is 4.89. The average molecular weight is 385 g/mol. The highest BCUT2D eigenvalue weighted by atomic mass is 32.2. The number of methoxy groups -OCH3 is 1. The highest BCUT2D eigenvalue weighted by Gasteiger charge is 2.13. The largest absolute Gasteiger partial charge is 0.497 e. The van der Waals surface area contributed by atoms with Crippen molar-refractivity contribution in [3.8, 4) is 11.4 Å². The molecule has 0 radical (unpaired) electrons. The van der Waals surface area contributed by atoms with E-state index in [-0.39, 0.29) is 17.5 Å². The van der Waals surface area contributed by atoms with Crippen LogP contribution in [0, 0.1) is 5.82 Å². The number of hydrogen-bond donors (Lipinski definition) is 0. The van der Waals surface area contributed by atoms with E-state index in [1.807, 2.05) is 35.0 Å². The minimum absolute atomic E-state index is 0.0236. The first-order valence-corrected chi connectivity index (χ1v) is 9.34. The fourth-order valence-electron chi connectivity index (χ4n) is 2.54. The molecule has 5 nitrogen and oxygen atoms in total. The van der Waals surface area contributed by atoms with Gasteiger partial charge >= 0.3 is 0 Å². The summed E-state index contributed by atoms with van der Waals surface area (Å²) in [5.41, 5.74) is 1.80. The molecule has 0 aliphatic heterocycles. The molecule has 1 amide bonds. The van der Waals surface area contributed by atoms with Gasteiger partial charge in [-0.25, -0.2) is 9.37 Å². The minimum atomic E-state index is -0.285. The van der Waals surface area contributed by atoms with E-state index in [4.69, 9.17) is 4.74 Å². The number of ether oxygens (including phenoxy) is 1. The molecule has 3 aromatic rings. The van der Waals surface area contributed by atoms with Crippen LogP contribution in [0.15, 0.2) is 66.1 Å². The Morgan fingerprint density at radius 2 is 2.04 bits per heavy atom. The van der Waals surface area contributed by atoms with Gasteiger partial charge in [0.05, 0.1) is 18.6 Å². The van der Waals surface area contributed by atoms with Crippen molar-refractivity contribution in [1.82, 2.24) is 14.5 Å². The van der Waals surface area contributed by atoms with Gasteiger partial charge in [-0.1, -0.05) is 30.0 Å². The van der Waals surface area contributed by atoms with E-state index in [0.717, 1.165) is 22.2 Å². The van der Waals surface area contributed by atoms with Gasteiger partial charge in [0, 0.05) is 32.1 Å². The highest BCUT2D eigenvalue weighted by molar-refractivity contribution is 7.99. The van der Waals surface area contributed by atoms with Gasteiger partial charge < -0.3 is 9.64 Å². The molecule has 140 valence electrons. The zero-order valence-corrected chi connectivity index (χ0v) is 15.9. The van der Waals surface area contributed by atoms with Crippen molar-refractivity contribution >= 4 is 17.7 Å². The minimum Gasteiger partial charge on any atom is -0.497 e. The van der Waals surface area contributed by atoms with Crippen molar-refractivity contribution in [3.05, 3.63) is 72.3 Å². The van der Waals surface area contributed by atoms with Gasteiger partial charge in [-0.3, -0.25) is 9.36 Å². The number of benzene rings is 2. The Labute approximate surface area is 161 Å². The summed E-state index contributed by atoms with van der Waals surface area (Å²) >= 11 is 1.37. The number of rotatable bonds is 7. The number of thioether (sulfide) groups is 1.